The first-order valence-corrected chi connectivity index (χ1v) is 14.2. The minimum absolute atomic E-state index is 0.0527. The van der Waals surface area contributed by atoms with Crippen LogP contribution in [0.15, 0.2) is 95.0 Å². The lowest BCUT2D eigenvalue weighted by Crippen LogP contribution is -2.54. The summed E-state index contributed by atoms with van der Waals surface area (Å²) in [6, 6.07) is 19.1. The Morgan fingerprint density at radius 3 is 2.30 bits per heavy atom. The summed E-state index contributed by atoms with van der Waals surface area (Å²) in [6.07, 6.45) is -3.63. The van der Waals surface area contributed by atoms with Gasteiger partial charge in [0.2, 0.25) is 5.75 Å². The molecule has 0 aromatic heterocycles. The maximum absolute atomic E-state index is 13.4. The standard InChI is InChI=1S/C32H21BrF3N3O8/c1-45-27-15-19(14-24(33)28(27)47-26-12-7-20(32(34,35)36)16-25(26)39(43)44)13-23-29(40)37-31(42)38(30(23)41)21-8-10-22(11-9-21)46-17-18-5-3-2-4-6-18/h2-16H,17H2,1H3,(H,37,40,42)/b23-13+. The molecule has 4 aromatic carbocycles. The zero-order valence-corrected chi connectivity index (χ0v) is 25.6. The number of ether oxygens (including phenoxy) is 3. The minimum Gasteiger partial charge on any atom is -0.493 e. The number of carbonyl (C=O) groups is 3. The quantitative estimate of drug-likeness (QED) is 0.0820. The summed E-state index contributed by atoms with van der Waals surface area (Å²) in [7, 11) is 1.23. The van der Waals surface area contributed by atoms with Crippen LogP contribution in [-0.2, 0) is 22.4 Å². The van der Waals surface area contributed by atoms with E-state index in [9.17, 15) is 37.7 Å². The summed E-state index contributed by atoms with van der Waals surface area (Å²) in [5.74, 6) is -2.09. The molecule has 15 heteroatoms. The van der Waals surface area contributed by atoms with Gasteiger partial charge >= 0.3 is 17.9 Å². The normalized spacial score (nSPS) is 14.2. The van der Waals surface area contributed by atoms with Crippen LogP contribution in [0.25, 0.3) is 6.08 Å². The number of benzene rings is 4. The number of rotatable bonds is 9. The van der Waals surface area contributed by atoms with Crippen LogP contribution in [0, 0.1) is 10.1 Å². The number of hydrogen-bond acceptors (Lipinski definition) is 8. The van der Waals surface area contributed by atoms with E-state index in [1.807, 2.05) is 30.3 Å². The third kappa shape index (κ3) is 7.25. The van der Waals surface area contributed by atoms with Gasteiger partial charge in [-0.05, 0) is 81.7 Å². The van der Waals surface area contributed by atoms with Crippen molar-refractivity contribution in [1.82, 2.24) is 5.32 Å². The number of barbiturate groups is 1. The molecular weight excluding hydrogens is 691 g/mol. The van der Waals surface area contributed by atoms with Crippen molar-refractivity contribution in [2.24, 2.45) is 0 Å². The van der Waals surface area contributed by atoms with E-state index in [0.29, 0.717) is 24.5 Å². The Labute approximate surface area is 272 Å². The summed E-state index contributed by atoms with van der Waals surface area (Å²) in [5, 5.41) is 13.6. The van der Waals surface area contributed by atoms with Gasteiger partial charge in [0.05, 0.1) is 27.8 Å². The van der Waals surface area contributed by atoms with Crippen LogP contribution in [0.1, 0.15) is 16.7 Å². The van der Waals surface area contributed by atoms with Crippen molar-refractivity contribution in [3.05, 3.63) is 122 Å². The van der Waals surface area contributed by atoms with Crippen molar-refractivity contribution in [1.29, 1.82) is 0 Å². The Kier molecular flexibility index (Phi) is 9.28. The van der Waals surface area contributed by atoms with Gasteiger partial charge in [0.15, 0.2) is 11.5 Å². The minimum atomic E-state index is -4.82. The van der Waals surface area contributed by atoms with Crippen LogP contribution in [0.3, 0.4) is 0 Å². The number of nitrogens with one attached hydrogen (secondary N) is 1. The summed E-state index contributed by atoms with van der Waals surface area (Å²) in [6.45, 7) is 0.300. The average Bonchev–Trinajstić information content (AvgIpc) is 3.03. The molecule has 1 N–H and O–H groups in total. The van der Waals surface area contributed by atoms with Crippen molar-refractivity contribution in [3.63, 3.8) is 0 Å². The van der Waals surface area contributed by atoms with Crippen molar-refractivity contribution in [2.75, 3.05) is 12.0 Å². The summed E-state index contributed by atoms with van der Waals surface area (Å²) in [5.41, 5.74) is -1.27. The van der Waals surface area contributed by atoms with Crippen LogP contribution >= 0.6 is 15.9 Å². The molecule has 0 atom stereocenters. The van der Waals surface area contributed by atoms with E-state index in [-0.39, 0.29) is 27.2 Å². The number of halogens is 4. The second-order valence-corrected chi connectivity index (χ2v) is 10.7. The van der Waals surface area contributed by atoms with Crippen LogP contribution < -0.4 is 24.4 Å². The number of anilines is 1. The lowest BCUT2D eigenvalue weighted by molar-refractivity contribution is -0.385. The molecule has 1 saturated heterocycles. The van der Waals surface area contributed by atoms with E-state index in [2.05, 4.69) is 21.2 Å². The molecule has 0 unspecified atom stereocenters. The third-order valence-corrected chi connectivity index (χ3v) is 7.29. The van der Waals surface area contributed by atoms with Crippen molar-refractivity contribution in [3.8, 4) is 23.0 Å². The molecule has 0 saturated carbocycles. The molecule has 1 aliphatic rings. The van der Waals surface area contributed by atoms with E-state index < -0.39 is 51.5 Å². The van der Waals surface area contributed by atoms with Gasteiger partial charge < -0.3 is 14.2 Å². The van der Waals surface area contributed by atoms with E-state index >= 15 is 0 Å². The lowest BCUT2D eigenvalue weighted by atomic mass is 10.1. The number of nitro benzene ring substituents is 1. The van der Waals surface area contributed by atoms with Gasteiger partial charge in [0.1, 0.15) is 17.9 Å². The topological polar surface area (TPSA) is 137 Å². The monoisotopic (exact) mass is 711 g/mol. The number of amides is 4. The van der Waals surface area contributed by atoms with Crippen molar-refractivity contribution < 1.29 is 46.7 Å². The SMILES string of the molecule is COc1cc(/C=C2\C(=O)NC(=O)N(c3ccc(OCc4ccccc4)cc3)C2=O)cc(Br)c1Oc1ccc(C(F)(F)F)cc1[N+](=O)[O-]. The van der Waals surface area contributed by atoms with Gasteiger partial charge in [-0.25, -0.2) is 9.69 Å². The number of methoxy groups -OCH3 is 1. The fourth-order valence-electron chi connectivity index (χ4n) is 4.45. The molecule has 0 aliphatic carbocycles. The predicted molar refractivity (Wildman–Crippen MR) is 165 cm³/mol. The number of urea groups is 1. The highest BCUT2D eigenvalue weighted by Crippen LogP contribution is 2.44. The fourth-order valence-corrected chi connectivity index (χ4v) is 4.99. The van der Waals surface area contributed by atoms with E-state index in [1.165, 1.54) is 37.5 Å². The van der Waals surface area contributed by atoms with Crippen LogP contribution in [0.4, 0.5) is 29.3 Å². The fraction of sp³-hybridized carbons (Fsp3) is 0.0938. The first-order chi connectivity index (χ1) is 22.3. The Morgan fingerprint density at radius 1 is 0.957 bits per heavy atom. The third-order valence-electron chi connectivity index (χ3n) is 6.70. The highest BCUT2D eigenvalue weighted by Gasteiger charge is 2.37. The molecule has 47 heavy (non-hydrogen) atoms. The highest BCUT2D eigenvalue weighted by molar-refractivity contribution is 9.10. The average molecular weight is 712 g/mol. The maximum atomic E-state index is 13.4. The van der Waals surface area contributed by atoms with Crippen LogP contribution in [-0.4, -0.2) is 29.9 Å². The van der Waals surface area contributed by atoms with Gasteiger partial charge in [-0.3, -0.25) is 25.0 Å². The van der Waals surface area contributed by atoms with Gasteiger partial charge in [0.25, 0.3) is 11.8 Å². The molecule has 1 fully saturated rings. The summed E-state index contributed by atoms with van der Waals surface area (Å²) in [4.78, 5) is 50.1. The lowest BCUT2D eigenvalue weighted by Gasteiger charge is -2.26. The predicted octanol–water partition coefficient (Wildman–Crippen LogP) is 7.42. The largest absolute Gasteiger partial charge is 0.493 e. The molecule has 11 nitrogen and oxygen atoms in total. The first kappa shape index (κ1) is 32.7. The zero-order chi connectivity index (χ0) is 33.9. The first-order valence-electron chi connectivity index (χ1n) is 13.4. The van der Waals surface area contributed by atoms with Gasteiger partial charge in [-0.1, -0.05) is 30.3 Å². The summed E-state index contributed by atoms with van der Waals surface area (Å²) < 4.78 is 56.2. The van der Waals surface area contributed by atoms with E-state index in [1.54, 1.807) is 12.1 Å². The Hall–Kier alpha value is -5.70. The maximum Gasteiger partial charge on any atom is 0.416 e. The molecule has 0 spiro atoms. The van der Waals surface area contributed by atoms with E-state index in [0.717, 1.165) is 16.5 Å². The van der Waals surface area contributed by atoms with Crippen molar-refractivity contribution in [2.45, 2.75) is 12.8 Å². The van der Waals surface area contributed by atoms with Crippen LogP contribution in [0.5, 0.6) is 23.0 Å². The molecule has 4 amide bonds. The van der Waals surface area contributed by atoms with Gasteiger partial charge in [-0.2, -0.15) is 13.2 Å². The second kappa shape index (κ2) is 13.3. The van der Waals surface area contributed by atoms with Gasteiger partial charge in [0, 0.05) is 6.07 Å². The molecule has 0 radical (unpaired) electrons. The molecule has 1 aliphatic heterocycles. The number of hydrogen-bond donors (Lipinski definition) is 1. The Morgan fingerprint density at radius 2 is 1.66 bits per heavy atom. The molecule has 5 rings (SSSR count). The van der Waals surface area contributed by atoms with Crippen LogP contribution in [0.2, 0.25) is 0 Å². The molecule has 240 valence electrons. The zero-order valence-electron chi connectivity index (χ0n) is 24.0. The number of alkyl halides is 3. The number of nitrogens with zero attached hydrogens (tertiary/aromatic N) is 2. The number of nitro groups is 1. The summed E-state index contributed by atoms with van der Waals surface area (Å²) >= 11 is 3.25. The van der Waals surface area contributed by atoms with Gasteiger partial charge in [-0.15, -0.1) is 0 Å². The van der Waals surface area contributed by atoms with E-state index in [4.69, 9.17) is 14.2 Å². The second-order valence-electron chi connectivity index (χ2n) is 9.80. The Bertz CT molecular complexity index is 1920. The molecular formula is C32H21BrF3N3O8. The number of carbonyl (C=O) groups excluding carboxylic acids is 3. The molecule has 0 bridgehead atoms. The molecule has 1 heterocycles. The Balaban J connectivity index is 1.40. The smallest absolute Gasteiger partial charge is 0.416 e. The molecule has 4 aromatic rings. The number of imide groups is 2. The van der Waals surface area contributed by atoms with Crippen molar-refractivity contribution >= 4 is 51.2 Å². The highest BCUT2D eigenvalue weighted by atomic mass is 79.9.